The van der Waals surface area contributed by atoms with Crippen molar-refractivity contribution < 1.29 is 14.3 Å². The minimum atomic E-state index is -0.874. The number of carbonyl (C=O) groups is 1. The molecule has 0 unspecified atom stereocenters. The first kappa shape index (κ1) is 15.0. The van der Waals surface area contributed by atoms with Crippen LogP contribution in [0.4, 0.5) is 4.39 Å². The molecule has 1 aliphatic rings. The highest BCUT2D eigenvalue weighted by atomic mass is 19.1. The molecular weight excluding hydrogens is 257 g/mol. The van der Waals surface area contributed by atoms with Gasteiger partial charge in [-0.3, -0.25) is 4.79 Å². The lowest BCUT2D eigenvalue weighted by atomic mass is 9.93. The topological polar surface area (TPSA) is 49.3 Å². The third-order valence-corrected chi connectivity index (χ3v) is 4.47. The molecule has 1 fully saturated rings. The maximum atomic E-state index is 13.9. The number of carbonyl (C=O) groups excluding carboxylic acids is 1. The lowest BCUT2D eigenvalue weighted by molar-refractivity contribution is -0.125. The summed E-state index contributed by atoms with van der Waals surface area (Å²) in [6.45, 7) is 3.99. The standard InChI is InChI=1S/C16H22FNO2/c1-3-15(20,4-2)11-18-14(19)16(9-10-16)12-7-5-6-8-13(12)17/h5-8,20H,3-4,9-11H2,1-2H3,(H,18,19). The Bertz CT molecular complexity index is 493. The van der Waals surface area contributed by atoms with Gasteiger partial charge in [-0.2, -0.15) is 0 Å². The van der Waals surface area contributed by atoms with Crippen LogP contribution in [-0.4, -0.2) is 23.2 Å². The predicted molar refractivity (Wildman–Crippen MR) is 75.9 cm³/mol. The van der Waals surface area contributed by atoms with E-state index >= 15 is 0 Å². The highest BCUT2D eigenvalue weighted by molar-refractivity contribution is 5.91. The summed E-state index contributed by atoms with van der Waals surface area (Å²) >= 11 is 0. The van der Waals surface area contributed by atoms with Crippen LogP contribution < -0.4 is 5.32 Å². The van der Waals surface area contributed by atoms with E-state index in [4.69, 9.17) is 0 Å². The summed E-state index contributed by atoms with van der Waals surface area (Å²) in [5.41, 5.74) is -1.14. The third-order valence-electron chi connectivity index (χ3n) is 4.47. The average molecular weight is 279 g/mol. The van der Waals surface area contributed by atoms with Gasteiger partial charge in [-0.1, -0.05) is 32.0 Å². The lowest BCUT2D eigenvalue weighted by Gasteiger charge is -2.27. The molecule has 0 heterocycles. The van der Waals surface area contributed by atoms with Gasteiger partial charge in [0.05, 0.1) is 11.0 Å². The zero-order valence-corrected chi connectivity index (χ0v) is 12.1. The van der Waals surface area contributed by atoms with Crippen molar-refractivity contribution in [2.45, 2.75) is 50.5 Å². The van der Waals surface area contributed by atoms with E-state index in [1.165, 1.54) is 6.07 Å². The van der Waals surface area contributed by atoms with Gasteiger partial charge in [0.25, 0.3) is 0 Å². The summed E-state index contributed by atoms with van der Waals surface area (Å²) in [5, 5.41) is 13.0. The largest absolute Gasteiger partial charge is 0.388 e. The second-order valence-corrected chi connectivity index (χ2v) is 5.68. The van der Waals surface area contributed by atoms with Gasteiger partial charge in [-0.05, 0) is 31.7 Å². The predicted octanol–water partition coefficient (Wildman–Crippen LogP) is 2.52. The van der Waals surface area contributed by atoms with Gasteiger partial charge in [0.2, 0.25) is 5.91 Å². The van der Waals surface area contributed by atoms with Gasteiger partial charge < -0.3 is 10.4 Å². The first-order valence-electron chi connectivity index (χ1n) is 7.23. The highest BCUT2D eigenvalue weighted by Gasteiger charge is 2.52. The fraction of sp³-hybridized carbons (Fsp3) is 0.562. The van der Waals surface area contributed by atoms with Crippen molar-refractivity contribution in [1.82, 2.24) is 5.32 Å². The van der Waals surface area contributed by atoms with Gasteiger partial charge >= 0.3 is 0 Å². The highest BCUT2D eigenvalue weighted by Crippen LogP contribution is 2.49. The van der Waals surface area contributed by atoms with E-state index in [1.54, 1.807) is 18.2 Å². The average Bonchev–Trinajstić information content (AvgIpc) is 3.26. The molecule has 0 aliphatic heterocycles. The molecule has 1 amide bonds. The molecule has 1 aromatic rings. The number of hydrogen-bond donors (Lipinski definition) is 2. The molecule has 3 nitrogen and oxygen atoms in total. The van der Waals surface area contributed by atoms with Crippen LogP contribution >= 0.6 is 0 Å². The summed E-state index contributed by atoms with van der Waals surface area (Å²) in [5.74, 6) is -0.510. The lowest BCUT2D eigenvalue weighted by Crippen LogP contribution is -2.45. The van der Waals surface area contributed by atoms with Gasteiger partial charge in [0.15, 0.2) is 0 Å². The maximum Gasteiger partial charge on any atom is 0.230 e. The van der Waals surface area contributed by atoms with Gasteiger partial charge in [-0.15, -0.1) is 0 Å². The number of amides is 1. The smallest absolute Gasteiger partial charge is 0.230 e. The summed E-state index contributed by atoms with van der Waals surface area (Å²) < 4.78 is 13.9. The number of halogens is 1. The van der Waals surface area contributed by atoms with E-state index in [-0.39, 0.29) is 18.3 Å². The number of benzene rings is 1. The monoisotopic (exact) mass is 279 g/mol. The van der Waals surface area contributed by atoms with E-state index in [2.05, 4.69) is 5.32 Å². The zero-order chi connectivity index (χ0) is 14.8. The van der Waals surface area contributed by atoms with Crippen LogP contribution in [0.5, 0.6) is 0 Å². The zero-order valence-electron chi connectivity index (χ0n) is 12.1. The second kappa shape index (κ2) is 5.52. The molecule has 1 aliphatic carbocycles. The summed E-state index contributed by atoms with van der Waals surface area (Å²) in [6.07, 6.45) is 2.49. The Morgan fingerprint density at radius 1 is 1.35 bits per heavy atom. The summed E-state index contributed by atoms with van der Waals surface area (Å²) in [6, 6.07) is 6.44. The Hall–Kier alpha value is -1.42. The number of aliphatic hydroxyl groups is 1. The molecule has 0 atom stereocenters. The van der Waals surface area contributed by atoms with Crippen molar-refractivity contribution in [3.05, 3.63) is 35.6 Å². The Kier molecular flexibility index (Phi) is 4.14. The van der Waals surface area contributed by atoms with Crippen LogP contribution in [0.15, 0.2) is 24.3 Å². The van der Waals surface area contributed by atoms with Crippen molar-refractivity contribution in [2.75, 3.05) is 6.54 Å². The van der Waals surface area contributed by atoms with Crippen molar-refractivity contribution in [3.63, 3.8) is 0 Å². The SMILES string of the molecule is CCC(O)(CC)CNC(=O)C1(c2ccccc2F)CC1. The molecule has 0 aromatic heterocycles. The molecule has 4 heteroatoms. The minimum Gasteiger partial charge on any atom is -0.388 e. The molecule has 0 bridgehead atoms. The summed E-state index contributed by atoms with van der Waals surface area (Å²) in [4.78, 5) is 12.4. The van der Waals surface area contributed by atoms with E-state index < -0.39 is 11.0 Å². The third kappa shape index (κ3) is 2.70. The fourth-order valence-corrected chi connectivity index (χ4v) is 2.51. The molecule has 1 saturated carbocycles. The fourth-order valence-electron chi connectivity index (χ4n) is 2.51. The molecule has 0 spiro atoms. The van der Waals surface area contributed by atoms with Crippen LogP contribution in [0.25, 0.3) is 0 Å². The van der Waals surface area contributed by atoms with E-state index in [0.29, 0.717) is 31.2 Å². The first-order valence-corrected chi connectivity index (χ1v) is 7.23. The Balaban J connectivity index is 2.08. The second-order valence-electron chi connectivity index (χ2n) is 5.68. The quantitative estimate of drug-likeness (QED) is 0.840. The molecule has 20 heavy (non-hydrogen) atoms. The van der Waals surface area contributed by atoms with Crippen LogP contribution in [0.1, 0.15) is 45.1 Å². The Morgan fingerprint density at radius 2 is 1.95 bits per heavy atom. The van der Waals surface area contributed by atoms with Crippen LogP contribution in [0.3, 0.4) is 0 Å². The molecule has 110 valence electrons. The molecular formula is C16H22FNO2. The van der Waals surface area contributed by atoms with Gasteiger partial charge in [-0.25, -0.2) is 4.39 Å². The van der Waals surface area contributed by atoms with Gasteiger partial charge in [0, 0.05) is 12.1 Å². The minimum absolute atomic E-state index is 0.178. The van der Waals surface area contributed by atoms with Gasteiger partial charge in [0.1, 0.15) is 5.82 Å². The van der Waals surface area contributed by atoms with Crippen molar-refractivity contribution >= 4 is 5.91 Å². The van der Waals surface area contributed by atoms with Crippen LogP contribution in [0.2, 0.25) is 0 Å². The molecule has 0 saturated heterocycles. The molecule has 2 N–H and O–H groups in total. The van der Waals surface area contributed by atoms with Crippen molar-refractivity contribution in [1.29, 1.82) is 0 Å². The van der Waals surface area contributed by atoms with Crippen molar-refractivity contribution in [2.24, 2.45) is 0 Å². The van der Waals surface area contributed by atoms with Crippen molar-refractivity contribution in [3.8, 4) is 0 Å². The normalized spacial score (nSPS) is 16.8. The first-order chi connectivity index (χ1) is 9.47. The maximum absolute atomic E-state index is 13.9. The molecule has 0 radical (unpaired) electrons. The van der Waals surface area contributed by atoms with Crippen LogP contribution in [-0.2, 0) is 10.2 Å². The Morgan fingerprint density at radius 3 is 2.45 bits per heavy atom. The van der Waals surface area contributed by atoms with Crippen LogP contribution in [0, 0.1) is 5.82 Å². The van der Waals surface area contributed by atoms with E-state index in [9.17, 15) is 14.3 Å². The van der Waals surface area contributed by atoms with E-state index in [1.807, 2.05) is 13.8 Å². The number of rotatable bonds is 6. The number of hydrogen-bond acceptors (Lipinski definition) is 2. The number of nitrogens with one attached hydrogen (secondary N) is 1. The van der Waals surface area contributed by atoms with E-state index in [0.717, 1.165) is 0 Å². The molecule has 2 rings (SSSR count). The Labute approximate surface area is 119 Å². The summed E-state index contributed by atoms with van der Waals surface area (Å²) in [7, 11) is 0. The molecule has 1 aromatic carbocycles.